The monoisotopic (exact) mass is 280 g/mol. The molecule has 0 spiro atoms. The fourth-order valence-corrected chi connectivity index (χ4v) is 1.66. The van der Waals surface area contributed by atoms with Gasteiger partial charge in [-0.15, -0.1) is 5.10 Å². The molecule has 0 saturated carbocycles. The molecule has 20 heavy (non-hydrogen) atoms. The fraction of sp³-hybridized carbons (Fsp3) is 0.182. The second-order valence-corrected chi connectivity index (χ2v) is 3.99. The van der Waals surface area contributed by atoms with Crippen molar-refractivity contribution in [2.45, 2.75) is 13.0 Å². The van der Waals surface area contributed by atoms with Gasteiger partial charge >= 0.3 is 11.7 Å². The standard InChI is InChI=1S/C11H9FN4O4/c12-11-7(2-1-3-9(11)16(19)20)5-15-6-8(13-14-15)4-10(17)18/h1-3,6H,4-5H2,(H,17,18). The molecule has 0 atom stereocenters. The first-order valence-electron chi connectivity index (χ1n) is 5.50. The molecule has 0 aliphatic carbocycles. The first-order valence-corrected chi connectivity index (χ1v) is 5.50. The van der Waals surface area contributed by atoms with Gasteiger partial charge in [0.15, 0.2) is 0 Å². The van der Waals surface area contributed by atoms with Gasteiger partial charge in [0.05, 0.1) is 23.6 Å². The number of benzene rings is 1. The summed E-state index contributed by atoms with van der Waals surface area (Å²) in [6.07, 6.45) is 1.06. The Morgan fingerprint density at radius 3 is 2.90 bits per heavy atom. The number of hydrogen-bond acceptors (Lipinski definition) is 5. The van der Waals surface area contributed by atoms with E-state index in [1.54, 1.807) is 0 Å². The summed E-state index contributed by atoms with van der Waals surface area (Å²) in [5, 5.41) is 26.5. The Morgan fingerprint density at radius 2 is 2.25 bits per heavy atom. The Hall–Kier alpha value is -2.84. The molecule has 8 nitrogen and oxygen atoms in total. The van der Waals surface area contributed by atoms with E-state index in [1.165, 1.54) is 23.0 Å². The van der Waals surface area contributed by atoms with Crippen molar-refractivity contribution in [3.63, 3.8) is 0 Å². The lowest BCUT2D eigenvalue weighted by atomic mass is 10.2. The van der Waals surface area contributed by atoms with E-state index >= 15 is 0 Å². The first kappa shape index (κ1) is 13.6. The lowest BCUT2D eigenvalue weighted by Gasteiger charge is -2.02. The van der Waals surface area contributed by atoms with Crippen LogP contribution >= 0.6 is 0 Å². The van der Waals surface area contributed by atoms with Crippen LogP contribution in [0.3, 0.4) is 0 Å². The summed E-state index contributed by atoms with van der Waals surface area (Å²) in [6.45, 7) is -0.0693. The van der Waals surface area contributed by atoms with Crippen molar-refractivity contribution >= 4 is 11.7 Å². The van der Waals surface area contributed by atoms with Gasteiger partial charge in [0.2, 0.25) is 5.82 Å². The van der Waals surface area contributed by atoms with Crippen LogP contribution in [0.25, 0.3) is 0 Å². The largest absolute Gasteiger partial charge is 0.481 e. The molecular weight excluding hydrogens is 271 g/mol. The number of halogens is 1. The molecule has 0 aliphatic heterocycles. The summed E-state index contributed by atoms with van der Waals surface area (Å²) in [6, 6.07) is 3.82. The van der Waals surface area contributed by atoms with Crippen molar-refractivity contribution in [3.05, 3.63) is 51.6 Å². The van der Waals surface area contributed by atoms with E-state index in [0.29, 0.717) is 0 Å². The second-order valence-electron chi connectivity index (χ2n) is 3.99. The van der Waals surface area contributed by atoms with Crippen LogP contribution < -0.4 is 0 Å². The summed E-state index contributed by atoms with van der Waals surface area (Å²) in [5.41, 5.74) is -0.317. The average molecular weight is 280 g/mol. The Labute approximate surface area is 111 Å². The lowest BCUT2D eigenvalue weighted by Crippen LogP contribution is -2.05. The van der Waals surface area contributed by atoms with E-state index in [0.717, 1.165) is 6.07 Å². The summed E-state index contributed by atoms with van der Waals surface area (Å²) in [5.74, 6) is -1.99. The highest BCUT2D eigenvalue weighted by molar-refractivity contribution is 5.69. The molecule has 1 aromatic carbocycles. The molecule has 0 saturated heterocycles. The summed E-state index contributed by atoms with van der Waals surface area (Å²) in [7, 11) is 0. The van der Waals surface area contributed by atoms with E-state index in [2.05, 4.69) is 10.3 Å². The molecule has 0 fully saturated rings. The van der Waals surface area contributed by atoms with Gasteiger partial charge in [0, 0.05) is 17.8 Å². The highest BCUT2D eigenvalue weighted by Crippen LogP contribution is 2.20. The number of rotatable bonds is 5. The number of aromatic nitrogens is 3. The van der Waals surface area contributed by atoms with Crippen molar-refractivity contribution in [1.82, 2.24) is 15.0 Å². The van der Waals surface area contributed by atoms with Crippen LogP contribution in [0.2, 0.25) is 0 Å². The number of carboxylic acid groups (broad SMARTS) is 1. The third-order valence-corrected chi connectivity index (χ3v) is 2.51. The summed E-state index contributed by atoms with van der Waals surface area (Å²) >= 11 is 0. The molecule has 1 N–H and O–H groups in total. The van der Waals surface area contributed by atoms with E-state index in [4.69, 9.17) is 5.11 Å². The second kappa shape index (κ2) is 5.43. The minimum atomic E-state index is -1.06. The molecule has 0 unspecified atom stereocenters. The maximum Gasteiger partial charge on any atom is 0.309 e. The Morgan fingerprint density at radius 1 is 1.50 bits per heavy atom. The number of carboxylic acids is 1. The van der Waals surface area contributed by atoms with E-state index in [1.807, 2.05) is 0 Å². The van der Waals surface area contributed by atoms with Gasteiger partial charge in [-0.05, 0) is 0 Å². The minimum Gasteiger partial charge on any atom is -0.481 e. The van der Waals surface area contributed by atoms with E-state index in [-0.39, 0.29) is 24.2 Å². The van der Waals surface area contributed by atoms with Crippen LogP contribution in [-0.2, 0) is 17.8 Å². The van der Waals surface area contributed by atoms with Crippen molar-refractivity contribution in [2.75, 3.05) is 0 Å². The van der Waals surface area contributed by atoms with Gasteiger partial charge in [0.1, 0.15) is 0 Å². The lowest BCUT2D eigenvalue weighted by molar-refractivity contribution is -0.387. The quantitative estimate of drug-likeness (QED) is 0.646. The molecule has 1 aromatic heterocycles. The molecule has 0 radical (unpaired) electrons. The zero-order valence-electron chi connectivity index (χ0n) is 10.1. The van der Waals surface area contributed by atoms with Crippen LogP contribution in [0.1, 0.15) is 11.3 Å². The minimum absolute atomic E-state index is 0.0693. The highest BCUT2D eigenvalue weighted by Gasteiger charge is 2.17. The van der Waals surface area contributed by atoms with Crippen molar-refractivity contribution in [3.8, 4) is 0 Å². The molecule has 2 aromatic rings. The molecule has 9 heteroatoms. The predicted molar refractivity (Wildman–Crippen MR) is 63.5 cm³/mol. The van der Waals surface area contributed by atoms with Crippen LogP contribution in [0.5, 0.6) is 0 Å². The number of nitro groups is 1. The Balaban J connectivity index is 2.22. The van der Waals surface area contributed by atoms with Gasteiger partial charge in [-0.25, -0.2) is 4.68 Å². The van der Waals surface area contributed by atoms with Gasteiger partial charge in [-0.2, -0.15) is 4.39 Å². The normalized spacial score (nSPS) is 10.4. The predicted octanol–water partition coefficient (Wildman–Crippen LogP) is 1.00. The van der Waals surface area contributed by atoms with Crippen LogP contribution in [0.15, 0.2) is 24.4 Å². The number of aliphatic carboxylic acids is 1. The fourth-order valence-electron chi connectivity index (χ4n) is 1.66. The van der Waals surface area contributed by atoms with E-state index < -0.39 is 22.4 Å². The summed E-state index contributed by atoms with van der Waals surface area (Å²) < 4.78 is 15.1. The smallest absolute Gasteiger partial charge is 0.309 e. The Bertz CT molecular complexity index is 670. The van der Waals surface area contributed by atoms with Crippen molar-refractivity contribution in [1.29, 1.82) is 0 Å². The van der Waals surface area contributed by atoms with Gasteiger partial charge in [-0.3, -0.25) is 14.9 Å². The number of hydrogen-bond donors (Lipinski definition) is 1. The number of carbonyl (C=O) groups is 1. The highest BCUT2D eigenvalue weighted by atomic mass is 19.1. The molecule has 104 valence electrons. The molecular formula is C11H9FN4O4. The Kier molecular flexibility index (Phi) is 3.69. The molecule has 2 rings (SSSR count). The molecule has 1 heterocycles. The third-order valence-electron chi connectivity index (χ3n) is 2.51. The first-order chi connectivity index (χ1) is 9.47. The van der Waals surface area contributed by atoms with Crippen molar-refractivity contribution < 1.29 is 19.2 Å². The maximum absolute atomic E-state index is 13.8. The topological polar surface area (TPSA) is 111 Å². The van der Waals surface area contributed by atoms with E-state index in [9.17, 15) is 19.3 Å². The van der Waals surface area contributed by atoms with Gasteiger partial charge < -0.3 is 5.11 Å². The third kappa shape index (κ3) is 2.94. The molecule has 0 aliphatic rings. The number of nitro benzene ring substituents is 1. The zero-order chi connectivity index (χ0) is 14.7. The van der Waals surface area contributed by atoms with Crippen LogP contribution in [0, 0.1) is 15.9 Å². The van der Waals surface area contributed by atoms with Crippen molar-refractivity contribution in [2.24, 2.45) is 0 Å². The van der Waals surface area contributed by atoms with Crippen LogP contribution in [-0.4, -0.2) is 31.0 Å². The van der Waals surface area contributed by atoms with Gasteiger partial charge in [0.25, 0.3) is 0 Å². The molecule has 0 amide bonds. The zero-order valence-corrected chi connectivity index (χ0v) is 10.1. The van der Waals surface area contributed by atoms with Crippen LogP contribution in [0.4, 0.5) is 10.1 Å². The molecule has 0 bridgehead atoms. The van der Waals surface area contributed by atoms with Gasteiger partial charge in [-0.1, -0.05) is 17.3 Å². The summed E-state index contributed by atoms with van der Waals surface area (Å²) in [4.78, 5) is 20.3. The SMILES string of the molecule is O=C(O)Cc1cn(Cc2cccc([N+](=O)[O-])c2F)nn1. The number of nitrogens with zero attached hydrogens (tertiary/aromatic N) is 4. The maximum atomic E-state index is 13.8. The average Bonchev–Trinajstić information content (AvgIpc) is 2.78.